The van der Waals surface area contributed by atoms with Gasteiger partial charge in [0.15, 0.2) is 0 Å². The van der Waals surface area contributed by atoms with Gasteiger partial charge in [0.25, 0.3) is 11.8 Å². The minimum atomic E-state index is -0.470. The van der Waals surface area contributed by atoms with Crippen molar-refractivity contribution in [2.24, 2.45) is 16.9 Å². The minimum absolute atomic E-state index is 0.163. The summed E-state index contributed by atoms with van der Waals surface area (Å²) < 4.78 is 5.87. The minimum Gasteiger partial charge on any atom is -0.455 e. The van der Waals surface area contributed by atoms with Gasteiger partial charge < -0.3 is 4.42 Å². The van der Waals surface area contributed by atoms with E-state index >= 15 is 0 Å². The summed E-state index contributed by atoms with van der Waals surface area (Å²) in [6.45, 7) is 0. The van der Waals surface area contributed by atoms with Crippen LogP contribution in [0.4, 0.5) is 0 Å². The predicted octanol–water partition coefficient (Wildman–Crippen LogP) is 6.48. The Bertz CT molecular complexity index is 1490. The second-order valence-corrected chi connectivity index (χ2v) is 10.1. The van der Waals surface area contributed by atoms with Gasteiger partial charge in [-0.3, -0.25) is 9.59 Å². The fourth-order valence-corrected chi connectivity index (χ4v) is 6.54. The normalized spacial score (nSPS) is 23.8. The van der Waals surface area contributed by atoms with Gasteiger partial charge in [-0.1, -0.05) is 77.8 Å². The highest BCUT2D eigenvalue weighted by Gasteiger charge is 2.61. The molecule has 0 N–H and O–H groups in total. The third-order valence-corrected chi connectivity index (χ3v) is 8.39. The molecule has 4 aromatic rings. The Hall–Kier alpha value is -3.67. The number of hydrogen-bond donors (Lipinski definition) is 0. The molecule has 2 atom stereocenters. The van der Waals surface area contributed by atoms with Gasteiger partial charge in [0.05, 0.1) is 28.1 Å². The van der Waals surface area contributed by atoms with E-state index in [1.54, 1.807) is 30.3 Å². The number of carbonyl (C=O) groups excluding carboxylic acids is 2. The van der Waals surface area contributed by atoms with Gasteiger partial charge in [0.2, 0.25) is 0 Å². The second kappa shape index (κ2) is 7.92. The lowest BCUT2D eigenvalue weighted by Gasteiger charge is -2.45. The molecule has 3 aliphatic carbocycles. The standard InChI is InChI=1S/C29H18Cl2N2O3/c30-21-11-5-10-20(27(21)31)22-13-12-15(36-22)14-32-33-28(34)25-23-16-6-1-2-7-17(16)24(26(25)29(33)35)19-9-4-3-8-18(19)23/h1-14,23-26H/b32-14-/t23?,24?,25-,26-/m0/s1. The fourth-order valence-electron chi connectivity index (χ4n) is 6.15. The van der Waals surface area contributed by atoms with Gasteiger partial charge in [-0.15, -0.1) is 0 Å². The fraction of sp³-hybridized carbons (Fsp3) is 0.138. The van der Waals surface area contributed by atoms with Crippen LogP contribution in [0.3, 0.4) is 0 Å². The molecule has 1 saturated heterocycles. The number of amides is 2. The molecule has 36 heavy (non-hydrogen) atoms. The van der Waals surface area contributed by atoms with Crippen molar-refractivity contribution < 1.29 is 14.0 Å². The van der Waals surface area contributed by atoms with Crippen LogP contribution in [0.1, 0.15) is 39.8 Å². The van der Waals surface area contributed by atoms with Gasteiger partial charge >= 0.3 is 0 Å². The lowest BCUT2D eigenvalue weighted by atomic mass is 9.55. The number of hydrogen-bond acceptors (Lipinski definition) is 4. The maximum atomic E-state index is 13.6. The molecule has 7 heteroatoms. The van der Waals surface area contributed by atoms with Crippen molar-refractivity contribution in [1.82, 2.24) is 5.01 Å². The highest BCUT2D eigenvalue weighted by molar-refractivity contribution is 6.43. The summed E-state index contributed by atoms with van der Waals surface area (Å²) in [5, 5.41) is 6.15. The first-order valence-electron chi connectivity index (χ1n) is 11.7. The van der Waals surface area contributed by atoms with Gasteiger partial charge in [-0.25, -0.2) is 0 Å². The van der Waals surface area contributed by atoms with Crippen molar-refractivity contribution in [2.75, 3.05) is 0 Å². The van der Waals surface area contributed by atoms with Crippen molar-refractivity contribution in [3.05, 3.63) is 117 Å². The van der Waals surface area contributed by atoms with E-state index in [-0.39, 0.29) is 23.7 Å². The summed E-state index contributed by atoms with van der Waals surface area (Å²) in [5.41, 5.74) is 5.16. The van der Waals surface area contributed by atoms with E-state index in [4.69, 9.17) is 27.6 Å². The van der Waals surface area contributed by atoms with Crippen LogP contribution in [0.25, 0.3) is 11.3 Å². The first kappa shape index (κ1) is 21.6. The lowest BCUT2D eigenvalue weighted by Crippen LogP contribution is -2.41. The maximum Gasteiger partial charge on any atom is 0.254 e. The van der Waals surface area contributed by atoms with Crippen LogP contribution in [-0.2, 0) is 9.59 Å². The Morgan fingerprint density at radius 1 is 0.722 bits per heavy atom. The van der Waals surface area contributed by atoms with Crippen molar-refractivity contribution >= 4 is 41.2 Å². The first-order chi connectivity index (χ1) is 17.5. The highest BCUT2D eigenvalue weighted by atomic mass is 35.5. The van der Waals surface area contributed by atoms with Crippen LogP contribution in [0.2, 0.25) is 10.0 Å². The average molecular weight is 513 g/mol. The largest absolute Gasteiger partial charge is 0.455 e. The van der Waals surface area contributed by atoms with E-state index in [9.17, 15) is 9.59 Å². The third kappa shape index (κ3) is 2.93. The number of hydrazone groups is 1. The van der Waals surface area contributed by atoms with Crippen LogP contribution in [0.15, 0.2) is 88.4 Å². The molecule has 8 rings (SSSR count). The summed E-state index contributed by atoms with van der Waals surface area (Å²) in [6, 6.07) is 25.0. The monoisotopic (exact) mass is 512 g/mol. The zero-order valence-corrected chi connectivity index (χ0v) is 20.3. The Balaban J connectivity index is 1.24. The SMILES string of the molecule is O=C1[C@H]2C3c4ccccc4C(c4ccccc43)[C@@H]2C(=O)N1/N=C\c1ccc(-c2cccc(Cl)c2Cl)o1. The van der Waals surface area contributed by atoms with Gasteiger partial charge in [-0.2, -0.15) is 10.1 Å². The number of benzene rings is 3. The zero-order valence-electron chi connectivity index (χ0n) is 18.8. The molecule has 3 aromatic carbocycles. The van der Waals surface area contributed by atoms with Crippen LogP contribution >= 0.6 is 23.2 Å². The van der Waals surface area contributed by atoms with Crippen LogP contribution in [0, 0.1) is 11.8 Å². The summed E-state index contributed by atoms with van der Waals surface area (Å²) in [5.74, 6) is -0.904. The van der Waals surface area contributed by atoms with E-state index in [1.165, 1.54) is 6.21 Å². The quantitative estimate of drug-likeness (QED) is 0.233. The van der Waals surface area contributed by atoms with Gasteiger partial charge in [0.1, 0.15) is 11.5 Å². The molecule has 5 nitrogen and oxygen atoms in total. The zero-order chi connectivity index (χ0) is 24.6. The molecule has 1 fully saturated rings. The van der Waals surface area contributed by atoms with Gasteiger partial charge in [-0.05, 0) is 46.5 Å². The average Bonchev–Trinajstić information content (AvgIpc) is 3.47. The van der Waals surface area contributed by atoms with E-state index in [0.29, 0.717) is 27.1 Å². The van der Waals surface area contributed by atoms with Crippen molar-refractivity contribution in [3.8, 4) is 11.3 Å². The molecule has 2 bridgehead atoms. The van der Waals surface area contributed by atoms with Gasteiger partial charge in [0, 0.05) is 17.4 Å². The Morgan fingerprint density at radius 2 is 1.28 bits per heavy atom. The number of furan rings is 1. The molecule has 1 aliphatic heterocycles. The first-order valence-corrected chi connectivity index (χ1v) is 12.4. The summed E-state index contributed by atoms with van der Waals surface area (Å²) in [4.78, 5) is 27.2. The molecule has 1 aromatic heterocycles. The van der Waals surface area contributed by atoms with Crippen LogP contribution in [0.5, 0.6) is 0 Å². The number of nitrogens with zero attached hydrogens (tertiary/aromatic N) is 2. The van der Waals surface area contributed by atoms with Crippen molar-refractivity contribution in [1.29, 1.82) is 0 Å². The molecule has 4 aliphatic rings. The van der Waals surface area contributed by atoms with E-state index in [2.05, 4.69) is 29.4 Å². The van der Waals surface area contributed by atoms with Crippen LogP contribution in [-0.4, -0.2) is 23.0 Å². The van der Waals surface area contributed by atoms with Crippen molar-refractivity contribution in [2.45, 2.75) is 11.8 Å². The molecular weight excluding hydrogens is 495 g/mol. The predicted molar refractivity (Wildman–Crippen MR) is 137 cm³/mol. The molecule has 0 spiro atoms. The molecule has 2 heterocycles. The molecule has 176 valence electrons. The lowest BCUT2D eigenvalue weighted by molar-refractivity contribution is -0.139. The number of carbonyl (C=O) groups is 2. The second-order valence-electron chi connectivity index (χ2n) is 9.30. The Morgan fingerprint density at radius 3 is 1.83 bits per heavy atom. The Kier molecular flexibility index (Phi) is 4.75. The number of rotatable bonds is 3. The smallest absolute Gasteiger partial charge is 0.254 e. The molecular formula is C29H18Cl2N2O3. The van der Waals surface area contributed by atoms with Crippen molar-refractivity contribution in [3.63, 3.8) is 0 Å². The maximum absolute atomic E-state index is 13.6. The summed E-state index contributed by atoms with van der Waals surface area (Å²) in [6.07, 6.45) is 1.40. The summed E-state index contributed by atoms with van der Waals surface area (Å²) in [7, 11) is 0. The third-order valence-electron chi connectivity index (χ3n) is 7.57. The highest BCUT2D eigenvalue weighted by Crippen LogP contribution is 2.60. The number of imide groups is 1. The Labute approximate surface area is 216 Å². The molecule has 2 amide bonds. The number of halogens is 2. The topological polar surface area (TPSA) is 62.9 Å². The van der Waals surface area contributed by atoms with E-state index < -0.39 is 11.8 Å². The molecule has 0 saturated carbocycles. The van der Waals surface area contributed by atoms with E-state index in [1.807, 2.05) is 24.3 Å². The summed E-state index contributed by atoms with van der Waals surface area (Å²) >= 11 is 12.4. The van der Waals surface area contributed by atoms with Crippen LogP contribution < -0.4 is 0 Å². The molecule has 0 unspecified atom stereocenters. The molecule has 0 radical (unpaired) electrons. The van der Waals surface area contributed by atoms with E-state index in [0.717, 1.165) is 27.3 Å².